The fraction of sp³-hybridized carbons (Fsp3) is 0.538. The predicted molar refractivity (Wildman–Crippen MR) is 63.4 cm³/mol. The molecule has 2 atom stereocenters. The fourth-order valence-electron chi connectivity index (χ4n) is 2.60. The van der Waals surface area contributed by atoms with Gasteiger partial charge in [0.15, 0.2) is 0 Å². The molecule has 0 radical (unpaired) electrons. The standard InChI is InChI=1S/C13H18F2N2/c1-9-2-3-17(13(9)7-16)8-10-4-11(14)6-12(15)5-10/h4-6,9,13H,2-3,7-8,16H2,1H3. The molecule has 1 fully saturated rings. The number of nitrogens with two attached hydrogens (primary N) is 1. The highest BCUT2D eigenvalue weighted by Crippen LogP contribution is 2.25. The minimum atomic E-state index is -0.517. The van der Waals surface area contributed by atoms with Crippen molar-refractivity contribution in [2.45, 2.75) is 25.9 Å². The van der Waals surface area contributed by atoms with E-state index >= 15 is 0 Å². The maximum absolute atomic E-state index is 13.1. The van der Waals surface area contributed by atoms with Gasteiger partial charge in [0.25, 0.3) is 0 Å². The molecule has 2 rings (SSSR count). The third-order valence-electron chi connectivity index (χ3n) is 3.55. The van der Waals surface area contributed by atoms with Gasteiger partial charge >= 0.3 is 0 Å². The molecule has 0 bridgehead atoms. The van der Waals surface area contributed by atoms with Crippen LogP contribution in [-0.2, 0) is 6.54 Å². The molecule has 2 unspecified atom stereocenters. The molecule has 1 aromatic rings. The Labute approximate surface area is 100 Å². The number of hydrogen-bond acceptors (Lipinski definition) is 2. The molecule has 0 aliphatic carbocycles. The van der Waals surface area contributed by atoms with E-state index in [-0.39, 0.29) is 0 Å². The molecule has 1 heterocycles. The highest BCUT2D eigenvalue weighted by Gasteiger charge is 2.29. The van der Waals surface area contributed by atoms with E-state index in [0.717, 1.165) is 19.0 Å². The smallest absolute Gasteiger partial charge is 0.126 e. The van der Waals surface area contributed by atoms with Crippen molar-refractivity contribution in [1.29, 1.82) is 0 Å². The summed E-state index contributed by atoms with van der Waals surface area (Å²) in [5.41, 5.74) is 6.41. The first kappa shape index (κ1) is 12.5. The van der Waals surface area contributed by atoms with Gasteiger partial charge in [-0.2, -0.15) is 0 Å². The Morgan fingerprint density at radius 3 is 2.53 bits per heavy atom. The largest absolute Gasteiger partial charge is 0.329 e. The van der Waals surface area contributed by atoms with Gasteiger partial charge in [-0.15, -0.1) is 0 Å². The monoisotopic (exact) mass is 240 g/mol. The van der Waals surface area contributed by atoms with Crippen molar-refractivity contribution in [2.24, 2.45) is 11.7 Å². The van der Waals surface area contributed by atoms with Gasteiger partial charge < -0.3 is 5.73 Å². The highest BCUT2D eigenvalue weighted by molar-refractivity contribution is 5.18. The van der Waals surface area contributed by atoms with E-state index in [1.165, 1.54) is 12.1 Å². The Kier molecular flexibility index (Phi) is 3.74. The summed E-state index contributed by atoms with van der Waals surface area (Å²) in [5.74, 6) is -0.480. The third-order valence-corrected chi connectivity index (χ3v) is 3.55. The Balaban J connectivity index is 2.10. The van der Waals surface area contributed by atoms with Crippen molar-refractivity contribution in [3.05, 3.63) is 35.4 Å². The quantitative estimate of drug-likeness (QED) is 0.877. The van der Waals surface area contributed by atoms with Crippen molar-refractivity contribution in [3.8, 4) is 0 Å². The van der Waals surface area contributed by atoms with E-state index in [2.05, 4.69) is 11.8 Å². The van der Waals surface area contributed by atoms with Crippen LogP contribution >= 0.6 is 0 Å². The molecular formula is C13H18F2N2. The molecule has 1 aliphatic rings. The Morgan fingerprint density at radius 2 is 1.94 bits per heavy atom. The first-order chi connectivity index (χ1) is 8.10. The molecule has 1 saturated heterocycles. The number of halogens is 2. The summed E-state index contributed by atoms with van der Waals surface area (Å²) in [7, 11) is 0. The van der Waals surface area contributed by atoms with E-state index in [1.54, 1.807) is 0 Å². The number of nitrogens with zero attached hydrogens (tertiary/aromatic N) is 1. The van der Waals surface area contributed by atoms with Gasteiger partial charge in [0.05, 0.1) is 0 Å². The topological polar surface area (TPSA) is 29.3 Å². The van der Waals surface area contributed by atoms with Gasteiger partial charge in [0, 0.05) is 25.2 Å². The molecular weight excluding hydrogens is 222 g/mol. The summed E-state index contributed by atoms with van der Waals surface area (Å²) in [6.45, 7) is 4.28. The summed E-state index contributed by atoms with van der Waals surface area (Å²) in [5, 5.41) is 0. The SMILES string of the molecule is CC1CCN(Cc2cc(F)cc(F)c2)C1CN. The lowest BCUT2D eigenvalue weighted by Crippen LogP contribution is -2.37. The van der Waals surface area contributed by atoms with Crippen molar-refractivity contribution in [3.63, 3.8) is 0 Å². The van der Waals surface area contributed by atoms with Crippen LogP contribution in [0.1, 0.15) is 18.9 Å². The van der Waals surface area contributed by atoms with Crippen LogP contribution < -0.4 is 5.73 Å². The van der Waals surface area contributed by atoms with Crippen LogP contribution in [0.2, 0.25) is 0 Å². The summed E-state index contributed by atoms with van der Waals surface area (Å²) in [6.07, 6.45) is 1.10. The van der Waals surface area contributed by atoms with Crippen molar-refractivity contribution in [1.82, 2.24) is 4.90 Å². The summed E-state index contributed by atoms with van der Waals surface area (Å²) >= 11 is 0. The first-order valence-electron chi connectivity index (χ1n) is 5.99. The summed E-state index contributed by atoms with van der Waals surface area (Å²) in [6, 6.07) is 4.00. The lowest BCUT2D eigenvalue weighted by molar-refractivity contribution is 0.228. The van der Waals surface area contributed by atoms with E-state index in [9.17, 15) is 8.78 Å². The van der Waals surface area contributed by atoms with Crippen LogP contribution in [0.15, 0.2) is 18.2 Å². The van der Waals surface area contributed by atoms with Crippen LogP contribution in [0.25, 0.3) is 0 Å². The van der Waals surface area contributed by atoms with Crippen molar-refractivity contribution >= 4 is 0 Å². The molecule has 0 spiro atoms. The zero-order chi connectivity index (χ0) is 12.4. The van der Waals surface area contributed by atoms with E-state index in [0.29, 0.717) is 30.6 Å². The second kappa shape index (κ2) is 5.10. The molecule has 1 aromatic carbocycles. The normalized spacial score (nSPS) is 25.4. The average molecular weight is 240 g/mol. The number of benzene rings is 1. The van der Waals surface area contributed by atoms with Crippen molar-refractivity contribution in [2.75, 3.05) is 13.1 Å². The minimum absolute atomic E-state index is 0.321. The zero-order valence-corrected chi connectivity index (χ0v) is 10.00. The van der Waals surface area contributed by atoms with Gasteiger partial charge in [-0.05, 0) is 36.6 Å². The predicted octanol–water partition coefficient (Wildman–Crippen LogP) is 2.13. The Bertz CT molecular complexity index is 375. The van der Waals surface area contributed by atoms with Crippen LogP contribution in [0, 0.1) is 17.6 Å². The van der Waals surface area contributed by atoms with Crippen molar-refractivity contribution < 1.29 is 8.78 Å². The Morgan fingerprint density at radius 1 is 1.29 bits per heavy atom. The van der Waals surface area contributed by atoms with Gasteiger partial charge in [-0.1, -0.05) is 6.92 Å². The average Bonchev–Trinajstić information content (AvgIpc) is 2.57. The number of likely N-dealkylation sites (tertiary alicyclic amines) is 1. The van der Waals surface area contributed by atoms with Crippen LogP contribution in [0.4, 0.5) is 8.78 Å². The first-order valence-corrected chi connectivity index (χ1v) is 5.99. The molecule has 17 heavy (non-hydrogen) atoms. The van der Waals surface area contributed by atoms with Crippen LogP contribution in [0.5, 0.6) is 0 Å². The van der Waals surface area contributed by atoms with Gasteiger partial charge in [0.2, 0.25) is 0 Å². The molecule has 2 N–H and O–H groups in total. The molecule has 0 amide bonds. The van der Waals surface area contributed by atoms with E-state index in [1.807, 2.05) is 0 Å². The summed E-state index contributed by atoms with van der Waals surface area (Å²) in [4.78, 5) is 2.21. The van der Waals surface area contributed by atoms with Gasteiger partial charge in [-0.3, -0.25) is 4.90 Å². The van der Waals surface area contributed by atoms with E-state index in [4.69, 9.17) is 5.73 Å². The Hall–Kier alpha value is -1.00. The van der Waals surface area contributed by atoms with Crippen LogP contribution in [-0.4, -0.2) is 24.0 Å². The number of hydrogen-bond donors (Lipinski definition) is 1. The maximum Gasteiger partial charge on any atom is 0.126 e. The second-order valence-electron chi connectivity index (χ2n) is 4.82. The summed E-state index contributed by atoms with van der Waals surface area (Å²) < 4.78 is 26.1. The van der Waals surface area contributed by atoms with Crippen LogP contribution in [0.3, 0.4) is 0 Å². The highest BCUT2D eigenvalue weighted by atomic mass is 19.1. The molecule has 1 aliphatic heterocycles. The molecule has 94 valence electrons. The molecule has 0 saturated carbocycles. The zero-order valence-electron chi connectivity index (χ0n) is 10.00. The lowest BCUT2D eigenvalue weighted by Gasteiger charge is -2.25. The van der Waals surface area contributed by atoms with Gasteiger partial charge in [-0.25, -0.2) is 8.78 Å². The minimum Gasteiger partial charge on any atom is -0.329 e. The number of rotatable bonds is 3. The van der Waals surface area contributed by atoms with Gasteiger partial charge in [0.1, 0.15) is 11.6 Å². The second-order valence-corrected chi connectivity index (χ2v) is 4.82. The fourth-order valence-corrected chi connectivity index (χ4v) is 2.60. The van der Waals surface area contributed by atoms with E-state index < -0.39 is 11.6 Å². The molecule has 4 heteroatoms. The maximum atomic E-state index is 13.1. The third kappa shape index (κ3) is 2.82. The molecule has 0 aromatic heterocycles. The lowest BCUT2D eigenvalue weighted by atomic mass is 10.0. The molecule has 2 nitrogen and oxygen atoms in total.